The van der Waals surface area contributed by atoms with Gasteiger partial charge in [0.15, 0.2) is 20.4 Å². The molecule has 4 rings (SSSR count). The van der Waals surface area contributed by atoms with E-state index in [-0.39, 0.29) is 20.4 Å². The van der Waals surface area contributed by atoms with Gasteiger partial charge in [-0.05, 0) is 36.4 Å². The number of methoxy groups -OCH3 is 3. The van der Waals surface area contributed by atoms with E-state index in [1.54, 1.807) is 21.3 Å². The van der Waals surface area contributed by atoms with Crippen molar-refractivity contribution in [2.24, 2.45) is 0 Å². The summed E-state index contributed by atoms with van der Waals surface area (Å²) in [5.74, 6) is 4.49. The molecule has 0 aromatic heterocycles. The van der Waals surface area contributed by atoms with Crippen LogP contribution in [0.2, 0.25) is 0 Å². The lowest BCUT2D eigenvalue weighted by Crippen LogP contribution is -2.31. The highest BCUT2D eigenvalue weighted by Crippen LogP contribution is 2.51. The Kier molecular flexibility index (Phi) is 10.0. The van der Waals surface area contributed by atoms with Gasteiger partial charge in [-0.15, -0.1) is 0 Å². The molecule has 0 fully saturated rings. The molecule has 198 valence electrons. The molecule has 0 saturated heterocycles. The van der Waals surface area contributed by atoms with Gasteiger partial charge >= 0.3 is 0 Å². The number of benzene rings is 4. The Morgan fingerprint density at radius 1 is 0.474 bits per heavy atom. The predicted molar refractivity (Wildman–Crippen MR) is 154 cm³/mol. The van der Waals surface area contributed by atoms with Gasteiger partial charge in [-0.3, -0.25) is 0 Å². The average molecular weight is 533 g/mol. The van der Waals surface area contributed by atoms with Crippen LogP contribution in [-0.4, -0.2) is 47.5 Å². The van der Waals surface area contributed by atoms with Crippen molar-refractivity contribution in [1.82, 2.24) is 0 Å². The van der Waals surface area contributed by atoms with Crippen LogP contribution in [0.15, 0.2) is 103 Å². The second-order valence-corrected chi connectivity index (χ2v) is 11.5. The van der Waals surface area contributed by atoms with Crippen molar-refractivity contribution < 1.29 is 28.4 Å². The zero-order valence-electron chi connectivity index (χ0n) is 21.9. The summed E-state index contributed by atoms with van der Waals surface area (Å²) >= 11 is 0. The maximum Gasteiger partial charge on any atom is 0.188 e. The fourth-order valence-electron chi connectivity index (χ4n) is 4.34. The highest BCUT2D eigenvalue weighted by molar-refractivity contribution is 7.95. The van der Waals surface area contributed by atoms with E-state index in [9.17, 15) is 0 Å². The third-order valence-corrected chi connectivity index (χ3v) is 9.95. The molecular formula is C31H33O6P. The van der Waals surface area contributed by atoms with E-state index in [1.165, 1.54) is 0 Å². The zero-order valence-corrected chi connectivity index (χ0v) is 22.8. The fourth-order valence-corrected chi connectivity index (χ4v) is 8.58. The fraction of sp³-hybridized carbons (Fsp3) is 0.194. The van der Waals surface area contributed by atoms with Crippen LogP contribution in [0.1, 0.15) is 5.56 Å². The average Bonchev–Trinajstić information content (AvgIpc) is 2.98. The lowest BCUT2D eigenvalue weighted by atomic mass is 10.2. The van der Waals surface area contributed by atoms with E-state index in [2.05, 4.69) is 36.1 Å². The van der Waals surface area contributed by atoms with Gasteiger partial charge in [-0.1, -0.05) is 84.9 Å². The number of hydrogen-bond donors (Lipinski definition) is 0. The molecule has 0 saturated carbocycles. The molecule has 0 atom stereocenters. The Morgan fingerprint density at radius 2 is 0.816 bits per heavy atom. The molecule has 0 N–H and O–H groups in total. The van der Waals surface area contributed by atoms with Gasteiger partial charge in [0.2, 0.25) is 0 Å². The zero-order chi connectivity index (χ0) is 26.6. The van der Waals surface area contributed by atoms with Crippen molar-refractivity contribution in [1.29, 1.82) is 0 Å². The summed E-state index contributed by atoms with van der Waals surface area (Å²) in [6, 6.07) is 34.5. The molecule has 7 heteroatoms. The molecule has 38 heavy (non-hydrogen) atoms. The van der Waals surface area contributed by atoms with Crippen molar-refractivity contribution in [2.45, 2.75) is 0 Å². The smallest absolute Gasteiger partial charge is 0.188 e. The molecule has 0 spiro atoms. The summed E-state index contributed by atoms with van der Waals surface area (Å²) in [6.07, 6.45) is 0. The highest BCUT2D eigenvalue weighted by atomic mass is 31.2. The SMILES string of the molecule is COCOc1ccccc1P(=Cc1ccccc1)(c1ccccc1OCOC)c1ccccc1OCOC. The van der Waals surface area contributed by atoms with E-state index < -0.39 is 6.89 Å². The van der Waals surface area contributed by atoms with Crippen LogP contribution in [0.25, 0.3) is 0 Å². The van der Waals surface area contributed by atoms with Crippen LogP contribution in [-0.2, 0) is 14.2 Å². The van der Waals surface area contributed by atoms with E-state index in [4.69, 9.17) is 28.4 Å². The minimum absolute atomic E-state index is 0.117. The molecule has 6 nitrogen and oxygen atoms in total. The monoisotopic (exact) mass is 532 g/mol. The lowest BCUT2D eigenvalue weighted by Gasteiger charge is -2.32. The summed E-state index contributed by atoms with van der Waals surface area (Å²) < 4.78 is 34.4. The first-order chi connectivity index (χ1) is 18.7. The van der Waals surface area contributed by atoms with Crippen molar-refractivity contribution in [3.05, 3.63) is 109 Å². The number of ether oxygens (including phenoxy) is 6. The van der Waals surface area contributed by atoms with Gasteiger partial charge < -0.3 is 28.4 Å². The van der Waals surface area contributed by atoms with E-state index >= 15 is 0 Å². The summed E-state index contributed by atoms with van der Waals surface area (Å²) in [5, 5.41) is 3.01. The van der Waals surface area contributed by atoms with E-state index in [0.717, 1.165) is 38.7 Å². The number of hydrogen-bond acceptors (Lipinski definition) is 6. The van der Waals surface area contributed by atoms with Crippen LogP contribution in [0, 0.1) is 0 Å². The van der Waals surface area contributed by atoms with Crippen molar-refractivity contribution in [3.8, 4) is 17.2 Å². The number of rotatable bonds is 13. The minimum atomic E-state index is -2.68. The molecule has 4 aromatic carbocycles. The van der Waals surface area contributed by atoms with Gasteiger partial charge in [-0.2, -0.15) is 0 Å². The van der Waals surface area contributed by atoms with Crippen molar-refractivity contribution in [2.75, 3.05) is 41.7 Å². The largest absolute Gasteiger partial charge is 0.467 e. The Hall–Kier alpha value is -3.54. The van der Waals surface area contributed by atoms with Crippen LogP contribution in [0.3, 0.4) is 0 Å². The summed E-state index contributed by atoms with van der Waals surface area (Å²) in [6.45, 7) is -2.32. The predicted octanol–water partition coefficient (Wildman–Crippen LogP) is 4.78. The quantitative estimate of drug-likeness (QED) is 0.183. The minimum Gasteiger partial charge on any atom is -0.467 e. The molecule has 0 bridgehead atoms. The van der Waals surface area contributed by atoms with Crippen LogP contribution >= 0.6 is 6.89 Å². The van der Waals surface area contributed by atoms with Crippen LogP contribution < -0.4 is 30.1 Å². The van der Waals surface area contributed by atoms with Crippen molar-refractivity contribution in [3.63, 3.8) is 0 Å². The van der Waals surface area contributed by atoms with Gasteiger partial charge in [0.25, 0.3) is 0 Å². The van der Waals surface area contributed by atoms with Crippen molar-refractivity contribution >= 4 is 28.6 Å². The number of para-hydroxylation sites is 3. The van der Waals surface area contributed by atoms with Gasteiger partial charge in [-0.25, -0.2) is 0 Å². The molecular weight excluding hydrogens is 499 g/mol. The van der Waals surface area contributed by atoms with E-state index in [0.29, 0.717) is 0 Å². The standard InChI is InChI=1S/C31H33O6P/c1-32-22-35-26-15-7-10-18-29(26)38(21-25-13-5-4-6-14-25,30-19-11-8-16-27(30)36-23-33-2)31-20-12-9-17-28(31)37-24-34-3/h4-21H,22-24H2,1-3H3. The first-order valence-electron chi connectivity index (χ1n) is 12.2. The first-order valence-corrected chi connectivity index (χ1v) is 14.0. The molecule has 0 aliphatic carbocycles. The Bertz CT molecular complexity index is 1220. The molecule has 0 radical (unpaired) electrons. The normalized spacial score (nSPS) is 11.1. The van der Waals surface area contributed by atoms with Gasteiger partial charge in [0, 0.05) is 37.2 Å². The molecule has 0 aliphatic heterocycles. The van der Waals surface area contributed by atoms with Crippen LogP contribution in [0.5, 0.6) is 17.2 Å². The Morgan fingerprint density at radius 3 is 1.18 bits per heavy atom. The molecule has 0 aliphatic rings. The van der Waals surface area contributed by atoms with Crippen LogP contribution in [0.4, 0.5) is 0 Å². The topological polar surface area (TPSA) is 55.4 Å². The third kappa shape index (κ3) is 6.12. The molecule has 4 aromatic rings. The lowest BCUT2D eigenvalue weighted by molar-refractivity contribution is 0.0518. The summed E-state index contributed by atoms with van der Waals surface area (Å²) in [7, 11) is 4.84. The Balaban J connectivity index is 2.18. The maximum atomic E-state index is 6.17. The summed E-state index contributed by atoms with van der Waals surface area (Å²) in [5.41, 5.74) is 1.06. The molecule has 0 unspecified atom stereocenters. The molecule has 0 heterocycles. The van der Waals surface area contributed by atoms with E-state index in [1.807, 2.05) is 72.8 Å². The molecule has 0 amide bonds. The first kappa shape index (κ1) is 27.5. The second-order valence-electron chi connectivity index (χ2n) is 8.32. The van der Waals surface area contributed by atoms with Gasteiger partial charge in [0.05, 0.1) is 0 Å². The second kappa shape index (κ2) is 13.8. The third-order valence-electron chi connectivity index (χ3n) is 5.87. The van der Waals surface area contributed by atoms with Gasteiger partial charge in [0.1, 0.15) is 17.2 Å². The Labute approximate surface area is 224 Å². The maximum absolute atomic E-state index is 6.17. The highest BCUT2D eigenvalue weighted by Gasteiger charge is 2.33. The summed E-state index contributed by atoms with van der Waals surface area (Å²) in [4.78, 5) is 0.